The van der Waals surface area contributed by atoms with Crippen LogP contribution in [0.3, 0.4) is 0 Å². The Labute approximate surface area is 138 Å². The van der Waals surface area contributed by atoms with E-state index in [0.717, 1.165) is 53.8 Å². The number of hydrogen-bond donors (Lipinski definition) is 1. The van der Waals surface area contributed by atoms with Crippen molar-refractivity contribution in [3.05, 3.63) is 36.0 Å². The Morgan fingerprint density at radius 1 is 1.18 bits per heavy atom. The molecule has 4 heteroatoms. The van der Waals surface area contributed by atoms with Crippen molar-refractivity contribution in [1.29, 1.82) is 0 Å². The monoisotopic (exact) mass is 316 g/mol. The van der Waals surface area contributed by atoms with E-state index >= 15 is 0 Å². The van der Waals surface area contributed by atoms with Crippen molar-refractivity contribution in [3.8, 4) is 0 Å². The van der Waals surface area contributed by atoms with E-state index in [0.29, 0.717) is 6.42 Å². The summed E-state index contributed by atoms with van der Waals surface area (Å²) in [5, 5.41) is 0.906. The molecule has 2 aromatic rings. The Morgan fingerprint density at radius 3 is 2.68 bits per heavy atom. The molecule has 0 aliphatic heterocycles. The van der Waals surface area contributed by atoms with Crippen molar-refractivity contribution in [2.45, 2.75) is 38.0 Å². The molecule has 0 saturated carbocycles. The van der Waals surface area contributed by atoms with E-state index in [1.807, 2.05) is 24.3 Å². The first-order valence-electron chi connectivity index (χ1n) is 7.99. The van der Waals surface area contributed by atoms with E-state index in [1.54, 1.807) is 6.20 Å². The van der Waals surface area contributed by atoms with E-state index in [9.17, 15) is 4.79 Å². The van der Waals surface area contributed by atoms with Gasteiger partial charge in [0.15, 0.2) is 5.78 Å². The molecule has 1 heterocycles. The summed E-state index contributed by atoms with van der Waals surface area (Å²) >= 11 is 4.42. The van der Waals surface area contributed by atoms with Gasteiger partial charge in [0.2, 0.25) is 0 Å². The van der Waals surface area contributed by atoms with Gasteiger partial charge in [-0.25, -0.2) is 0 Å². The molecule has 0 fully saturated rings. The van der Waals surface area contributed by atoms with E-state index in [2.05, 4.69) is 36.4 Å². The van der Waals surface area contributed by atoms with Gasteiger partial charge in [0.05, 0.1) is 5.52 Å². The second-order valence-electron chi connectivity index (χ2n) is 5.44. The maximum Gasteiger partial charge on any atom is 0.163 e. The van der Waals surface area contributed by atoms with Crippen LogP contribution in [0.1, 0.15) is 43.5 Å². The summed E-state index contributed by atoms with van der Waals surface area (Å²) in [5.74, 6) is 0.200. The Bertz CT molecular complexity index is 638. The van der Waals surface area contributed by atoms with Gasteiger partial charge in [-0.15, -0.1) is 12.6 Å². The van der Waals surface area contributed by atoms with Crippen molar-refractivity contribution in [2.75, 3.05) is 19.6 Å². The molecule has 0 unspecified atom stereocenters. The number of unbranched alkanes of at least 4 members (excludes halogenated alkanes) is 1. The van der Waals surface area contributed by atoms with Crippen LogP contribution in [-0.2, 0) is 0 Å². The summed E-state index contributed by atoms with van der Waals surface area (Å²) in [5.41, 5.74) is 1.57. The van der Waals surface area contributed by atoms with Crippen molar-refractivity contribution < 1.29 is 4.79 Å². The van der Waals surface area contributed by atoms with E-state index in [4.69, 9.17) is 0 Å². The fourth-order valence-electron chi connectivity index (χ4n) is 2.70. The quantitative estimate of drug-likeness (QED) is 0.450. The predicted octanol–water partition coefficient (Wildman–Crippen LogP) is 4.22. The third kappa shape index (κ3) is 4.08. The van der Waals surface area contributed by atoms with Gasteiger partial charge >= 0.3 is 0 Å². The molecule has 0 bridgehead atoms. The zero-order valence-electron chi connectivity index (χ0n) is 13.4. The molecular formula is C18H24N2OS. The smallest absolute Gasteiger partial charge is 0.163 e. The highest BCUT2D eigenvalue weighted by Gasteiger charge is 2.11. The highest BCUT2D eigenvalue weighted by atomic mass is 32.1. The molecule has 22 heavy (non-hydrogen) atoms. The number of rotatable bonds is 8. The third-order valence-corrected chi connectivity index (χ3v) is 4.43. The van der Waals surface area contributed by atoms with Crippen LogP contribution in [0.25, 0.3) is 10.9 Å². The Morgan fingerprint density at radius 2 is 1.95 bits per heavy atom. The van der Waals surface area contributed by atoms with Crippen LogP contribution in [0.2, 0.25) is 0 Å². The molecule has 0 aliphatic carbocycles. The molecule has 0 N–H and O–H groups in total. The maximum atomic E-state index is 12.5. The number of fused-ring (bicyclic) bond motifs is 1. The molecule has 0 saturated heterocycles. The SMILES string of the molecule is CCN(CC)CCCCC(=O)c1ccnc2c(S)cccc12. The van der Waals surface area contributed by atoms with Crippen LogP contribution in [0.4, 0.5) is 0 Å². The highest BCUT2D eigenvalue weighted by molar-refractivity contribution is 7.80. The lowest BCUT2D eigenvalue weighted by atomic mass is 10.0. The maximum absolute atomic E-state index is 12.5. The number of carbonyl (C=O) groups excluding carboxylic acids is 1. The van der Waals surface area contributed by atoms with Crippen molar-refractivity contribution in [3.63, 3.8) is 0 Å². The zero-order valence-corrected chi connectivity index (χ0v) is 14.3. The van der Waals surface area contributed by atoms with Gasteiger partial charge in [0.25, 0.3) is 0 Å². The first-order chi connectivity index (χ1) is 10.7. The lowest BCUT2D eigenvalue weighted by molar-refractivity contribution is 0.0979. The number of hydrogen-bond acceptors (Lipinski definition) is 4. The lowest BCUT2D eigenvalue weighted by Crippen LogP contribution is -2.24. The minimum atomic E-state index is 0.200. The number of carbonyl (C=O) groups is 1. The van der Waals surface area contributed by atoms with Crippen LogP contribution in [-0.4, -0.2) is 35.3 Å². The number of Topliss-reactive ketones (excluding diaryl/α,β-unsaturated/α-hetero) is 1. The number of aromatic nitrogens is 1. The first kappa shape index (κ1) is 17.0. The van der Waals surface area contributed by atoms with Crippen LogP contribution >= 0.6 is 12.6 Å². The Kier molecular flexibility index (Phi) is 6.40. The van der Waals surface area contributed by atoms with Gasteiger partial charge in [-0.3, -0.25) is 9.78 Å². The fraction of sp³-hybridized carbons (Fsp3) is 0.444. The Balaban J connectivity index is 2.00. The normalized spacial score (nSPS) is 11.3. The predicted molar refractivity (Wildman–Crippen MR) is 95.0 cm³/mol. The number of benzene rings is 1. The number of nitrogens with zero attached hydrogens (tertiary/aromatic N) is 2. The topological polar surface area (TPSA) is 33.2 Å². The second-order valence-corrected chi connectivity index (χ2v) is 5.92. The average Bonchev–Trinajstić information content (AvgIpc) is 2.55. The lowest BCUT2D eigenvalue weighted by Gasteiger charge is -2.17. The molecular weight excluding hydrogens is 292 g/mol. The molecule has 0 spiro atoms. The van der Waals surface area contributed by atoms with Crippen LogP contribution in [0.15, 0.2) is 35.4 Å². The van der Waals surface area contributed by atoms with Crippen molar-refractivity contribution in [1.82, 2.24) is 9.88 Å². The molecule has 0 aliphatic rings. The molecule has 1 aromatic carbocycles. The number of thiol groups is 1. The summed E-state index contributed by atoms with van der Waals surface area (Å²) in [6.07, 6.45) is 4.29. The standard InChI is InChI=1S/C18H24N2OS/c1-3-20(4-2)13-6-5-9-16(21)14-11-12-19-18-15(14)8-7-10-17(18)22/h7-8,10-12,22H,3-6,9,13H2,1-2H3. The number of para-hydroxylation sites is 1. The molecule has 0 atom stereocenters. The van der Waals surface area contributed by atoms with E-state index in [1.165, 1.54) is 0 Å². The van der Waals surface area contributed by atoms with Gasteiger partial charge in [0.1, 0.15) is 0 Å². The van der Waals surface area contributed by atoms with Crippen LogP contribution in [0, 0.1) is 0 Å². The summed E-state index contributed by atoms with van der Waals surface area (Å²) in [6, 6.07) is 7.59. The second kappa shape index (κ2) is 8.30. The van der Waals surface area contributed by atoms with E-state index in [-0.39, 0.29) is 5.78 Å². The average molecular weight is 316 g/mol. The largest absolute Gasteiger partial charge is 0.304 e. The zero-order chi connectivity index (χ0) is 15.9. The van der Waals surface area contributed by atoms with Crippen LogP contribution in [0.5, 0.6) is 0 Å². The number of ketones is 1. The van der Waals surface area contributed by atoms with Gasteiger partial charge < -0.3 is 4.90 Å². The number of pyridine rings is 1. The summed E-state index contributed by atoms with van der Waals surface area (Å²) in [4.78, 5) is 20.0. The summed E-state index contributed by atoms with van der Waals surface area (Å²) in [7, 11) is 0. The van der Waals surface area contributed by atoms with Gasteiger partial charge in [-0.2, -0.15) is 0 Å². The minimum Gasteiger partial charge on any atom is -0.304 e. The minimum absolute atomic E-state index is 0.200. The molecule has 3 nitrogen and oxygen atoms in total. The van der Waals surface area contributed by atoms with Crippen molar-refractivity contribution in [2.24, 2.45) is 0 Å². The Hall–Kier alpha value is -1.39. The molecule has 2 rings (SSSR count). The first-order valence-corrected chi connectivity index (χ1v) is 8.44. The fourth-order valence-corrected chi connectivity index (χ4v) is 2.96. The summed E-state index contributed by atoms with van der Waals surface area (Å²) in [6.45, 7) is 7.56. The summed E-state index contributed by atoms with van der Waals surface area (Å²) < 4.78 is 0. The molecule has 118 valence electrons. The molecule has 0 radical (unpaired) electrons. The van der Waals surface area contributed by atoms with Crippen molar-refractivity contribution >= 4 is 29.3 Å². The van der Waals surface area contributed by atoms with Gasteiger partial charge in [-0.1, -0.05) is 26.0 Å². The van der Waals surface area contributed by atoms with Gasteiger partial charge in [-0.05, 0) is 44.6 Å². The highest BCUT2D eigenvalue weighted by Crippen LogP contribution is 2.23. The molecule has 1 aromatic heterocycles. The van der Waals surface area contributed by atoms with Crippen LogP contribution < -0.4 is 0 Å². The third-order valence-electron chi connectivity index (χ3n) is 4.07. The molecule has 0 amide bonds. The van der Waals surface area contributed by atoms with E-state index < -0.39 is 0 Å². The van der Waals surface area contributed by atoms with Gasteiger partial charge in [0, 0.05) is 28.5 Å².